The molecule has 2 heterocycles. The Balaban J connectivity index is 2.02. The van der Waals surface area contributed by atoms with Crippen LogP contribution in [0.1, 0.15) is 39.9 Å². The van der Waals surface area contributed by atoms with Crippen LogP contribution >= 0.6 is 23.2 Å². The second kappa shape index (κ2) is 10.7. The number of hydrogen-bond donors (Lipinski definition) is 1. The van der Waals surface area contributed by atoms with Gasteiger partial charge in [0.1, 0.15) is 10.8 Å². The Morgan fingerprint density at radius 3 is 2.23 bits per heavy atom. The molecule has 0 aliphatic heterocycles. The molecule has 0 saturated heterocycles. The summed E-state index contributed by atoms with van der Waals surface area (Å²) in [6.07, 6.45) is -8.83. The van der Waals surface area contributed by atoms with Crippen LogP contribution in [0.4, 0.5) is 26.3 Å². The van der Waals surface area contributed by atoms with Gasteiger partial charge in [0.15, 0.2) is 5.60 Å². The maximum absolute atomic E-state index is 14.3. The van der Waals surface area contributed by atoms with E-state index in [-0.39, 0.29) is 16.3 Å². The first-order valence-corrected chi connectivity index (χ1v) is 11.5. The smallest absolute Gasteiger partial charge is 0.422 e. The fourth-order valence-electron chi connectivity index (χ4n) is 3.81. The van der Waals surface area contributed by atoms with E-state index in [1.165, 1.54) is 0 Å². The van der Waals surface area contributed by atoms with Crippen molar-refractivity contribution in [2.24, 2.45) is 7.05 Å². The Bertz CT molecular complexity index is 1450. The summed E-state index contributed by atoms with van der Waals surface area (Å²) < 4.78 is 93.5. The van der Waals surface area contributed by atoms with E-state index >= 15 is 0 Å². The average Bonchev–Trinajstić information content (AvgIpc) is 2.84. The number of hydrogen-bond acceptors (Lipinski definition) is 6. The molecule has 0 amide bonds. The number of aliphatic hydroxyl groups is 1. The summed E-state index contributed by atoms with van der Waals surface area (Å²) in [6, 6.07) is 4.35. The standard InChI is InChI=1S/C24H18Cl2F6N2O5/c1-11(22(37,24(30,31)32)12-6-18(26)20(35)34(2)10-12)14-5-4-13(7-17(14)25)39-19-8-16(23(27,28)29)15(9-33-19)21(36)38-3/h4-11,37H,1-3H3. The number of carbonyl (C=O) groups excluding carboxylic acids is 1. The largest absolute Gasteiger partial charge is 0.465 e. The van der Waals surface area contributed by atoms with Crippen LogP contribution in [0, 0.1) is 0 Å². The molecule has 1 N–H and O–H groups in total. The van der Waals surface area contributed by atoms with Crippen molar-refractivity contribution < 1.29 is 45.7 Å². The molecule has 0 spiro atoms. The third kappa shape index (κ3) is 5.85. The van der Waals surface area contributed by atoms with Gasteiger partial charge in [-0.25, -0.2) is 9.78 Å². The first-order valence-electron chi connectivity index (χ1n) is 10.7. The van der Waals surface area contributed by atoms with Gasteiger partial charge in [0, 0.05) is 42.0 Å². The Kier molecular flexibility index (Phi) is 8.30. The molecule has 210 valence electrons. The van der Waals surface area contributed by atoms with Gasteiger partial charge in [0.25, 0.3) is 5.56 Å². The number of aryl methyl sites for hydroxylation is 1. The zero-order chi connectivity index (χ0) is 29.5. The normalized spacial score (nSPS) is 14.5. The molecule has 1 aromatic carbocycles. The number of carbonyl (C=O) groups is 1. The molecule has 0 aliphatic carbocycles. The molecule has 7 nitrogen and oxygen atoms in total. The molecule has 0 radical (unpaired) electrons. The highest BCUT2D eigenvalue weighted by atomic mass is 35.5. The summed E-state index contributed by atoms with van der Waals surface area (Å²) >= 11 is 12.0. The lowest BCUT2D eigenvalue weighted by Crippen LogP contribution is -2.47. The predicted molar refractivity (Wildman–Crippen MR) is 127 cm³/mol. The first kappa shape index (κ1) is 30.3. The van der Waals surface area contributed by atoms with Gasteiger partial charge in [-0.2, -0.15) is 26.3 Å². The molecule has 3 rings (SSSR count). The van der Waals surface area contributed by atoms with Crippen LogP contribution < -0.4 is 10.3 Å². The highest BCUT2D eigenvalue weighted by Gasteiger charge is 2.59. The van der Waals surface area contributed by atoms with Crippen molar-refractivity contribution in [1.82, 2.24) is 9.55 Å². The number of alkyl halides is 6. The van der Waals surface area contributed by atoms with Crippen molar-refractivity contribution >= 4 is 29.2 Å². The van der Waals surface area contributed by atoms with Crippen LogP contribution in [-0.2, 0) is 23.6 Å². The Labute approximate surface area is 226 Å². The molecule has 0 bridgehead atoms. The van der Waals surface area contributed by atoms with Crippen LogP contribution in [-0.4, -0.2) is 33.9 Å². The van der Waals surface area contributed by atoms with Crippen molar-refractivity contribution in [3.63, 3.8) is 0 Å². The van der Waals surface area contributed by atoms with E-state index < -0.39 is 63.0 Å². The maximum atomic E-state index is 14.3. The van der Waals surface area contributed by atoms with Gasteiger partial charge < -0.3 is 19.1 Å². The predicted octanol–water partition coefficient (Wildman–Crippen LogP) is 6.24. The summed E-state index contributed by atoms with van der Waals surface area (Å²) in [5, 5.41) is 10.1. The zero-order valence-corrected chi connectivity index (χ0v) is 21.6. The minimum atomic E-state index is -5.26. The number of rotatable bonds is 6. The van der Waals surface area contributed by atoms with Gasteiger partial charge in [-0.05, 0) is 23.8 Å². The van der Waals surface area contributed by atoms with Crippen molar-refractivity contribution in [2.45, 2.75) is 30.8 Å². The van der Waals surface area contributed by atoms with E-state index in [4.69, 9.17) is 27.9 Å². The van der Waals surface area contributed by atoms with Crippen LogP contribution in [0.25, 0.3) is 0 Å². The summed E-state index contributed by atoms with van der Waals surface area (Å²) in [4.78, 5) is 27.2. The lowest BCUT2D eigenvalue weighted by Gasteiger charge is -2.37. The van der Waals surface area contributed by atoms with E-state index in [2.05, 4.69) is 9.72 Å². The summed E-state index contributed by atoms with van der Waals surface area (Å²) in [7, 11) is 2.05. The van der Waals surface area contributed by atoms with E-state index in [0.717, 1.165) is 50.0 Å². The van der Waals surface area contributed by atoms with E-state index in [0.29, 0.717) is 18.3 Å². The fraction of sp³-hybridized carbons (Fsp3) is 0.292. The maximum Gasteiger partial charge on any atom is 0.422 e. The summed E-state index contributed by atoms with van der Waals surface area (Å²) in [5.74, 6) is -3.84. The van der Waals surface area contributed by atoms with Crippen LogP contribution in [0.3, 0.4) is 0 Å². The lowest BCUT2D eigenvalue weighted by atomic mass is 9.78. The Morgan fingerprint density at radius 1 is 1.08 bits per heavy atom. The highest BCUT2D eigenvalue weighted by molar-refractivity contribution is 6.31. The van der Waals surface area contributed by atoms with E-state index in [1.807, 2.05) is 0 Å². The molecular weight excluding hydrogens is 581 g/mol. The van der Waals surface area contributed by atoms with Crippen molar-refractivity contribution in [3.05, 3.63) is 85.4 Å². The Hall–Kier alpha value is -3.29. The van der Waals surface area contributed by atoms with Crippen molar-refractivity contribution in [1.29, 1.82) is 0 Å². The minimum absolute atomic E-state index is 0.205. The molecule has 3 aromatic rings. The Morgan fingerprint density at radius 2 is 1.72 bits per heavy atom. The number of ether oxygens (including phenoxy) is 2. The third-order valence-corrected chi connectivity index (χ3v) is 6.49. The molecule has 0 fully saturated rings. The zero-order valence-electron chi connectivity index (χ0n) is 20.1. The van der Waals surface area contributed by atoms with Crippen LogP contribution in [0.15, 0.2) is 47.5 Å². The quantitative estimate of drug-likeness (QED) is 0.267. The lowest BCUT2D eigenvalue weighted by molar-refractivity contribution is -0.274. The van der Waals surface area contributed by atoms with Crippen LogP contribution in [0.2, 0.25) is 10.0 Å². The monoisotopic (exact) mass is 598 g/mol. The number of methoxy groups -OCH3 is 1. The molecular formula is C24H18Cl2F6N2O5. The second-order valence-electron chi connectivity index (χ2n) is 8.32. The number of esters is 1. The molecule has 2 atom stereocenters. The number of halogens is 8. The fourth-order valence-corrected chi connectivity index (χ4v) is 4.39. The number of pyridine rings is 2. The van der Waals surface area contributed by atoms with E-state index in [9.17, 15) is 41.0 Å². The number of aromatic nitrogens is 2. The topological polar surface area (TPSA) is 90.7 Å². The molecule has 2 aromatic heterocycles. The van der Waals surface area contributed by atoms with Crippen molar-refractivity contribution in [2.75, 3.05) is 7.11 Å². The van der Waals surface area contributed by atoms with Crippen LogP contribution in [0.5, 0.6) is 11.6 Å². The molecule has 15 heteroatoms. The van der Waals surface area contributed by atoms with Gasteiger partial charge in [-0.15, -0.1) is 0 Å². The molecule has 0 aliphatic rings. The summed E-state index contributed by atoms with van der Waals surface area (Å²) in [6.45, 7) is 1.04. The summed E-state index contributed by atoms with van der Waals surface area (Å²) in [5.41, 5.74) is -7.51. The van der Waals surface area contributed by atoms with Gasteiger partial charge in [-0.1, -0.05) is 36.2 Å². The number of nitrogens with zero attached hydrogens (tertiary/aromatic N) is 2. The second-order valence-corrected chi connectivity index (χ2v) is 9.14. The van der Waals surface area contributed by atoms with Crippen molar-refractivity contribution in [3.8, 4) is 11.6 Å². The molecule has 0 saturated carbocycles. The van der Waals surface area contributed by atoms with Gasteiger partial charge >= 0.3 is 18.3 Å². The van der Waals surface area contributed by atoms with Gasteiger partial charge in [0.2, 0.25) is 5.88 Å². The first-order chi connectivity index (χ1) is 17.9. The minimum Gasteiger partial charge on any atom is -0.465 e. The third-order valence-electron chi connectivity index (χ3n) is 5.89. The average molecular weight is 599 g/mol. The number of benzene rings is 1. The molecule has 39 heavy (non-hydrogen) atoms. The van der Waals surface area contributed by atoms with Gasteiger partial charge in [0.05, 0.1) is 18.2 Å². The van der Waals surface area contributed by atoms with E-state index in [1.54, 1.807) is 0 Å². The highest BCUT2D eigenvalue weighted by Crippen LogP contribution is 2.50. The van der Waals surface area contributed by atoms with Gasteiger partial charge in [-0.3, -0.25) is 4.79 Å². The SMILES string of the molecule is COC(=O)c1cnc(Oc2ccc(C(C)C(O)(c3cc(Cl)c(=O)n(C)c3)C(F)(F)F)c(Cl)c2)cc1C(F)(F)F. The molecule has 2 unspecified atom stereocenters.